The van der Waals surface area contributed by atoms with E-state index in [0.717, 1.165) is 22.4 Å². The number of primary amides is 1. The van der Waals surface area contributed by atoms with Gasteiger partial charge in [-0.3, -0.25) is 9.78 Å². The molecule has 2 aromatic carbocycles. The van der Waals surface area contributed by atoms with Gasteiger partial charge in [-0.1, -0.05) is 18.2 Å². The van der Waals surface area contributed by atoms with Gasteiger partial charge in [0.15, 0.2) is 5.65 Å². The van der Waals surface area contributed by atoms with Crippen molar-refractivity contribution in [1.82, 2.24) is 19.6 Å². The van der Waals surface area contributed by atoms with E-state index in [-0.39, 0.29) is 0 Å². The summed E-state index contributed by atoms with van der Waals surface area (Å²) in [5, 5.41) is 7.71. The van der Waals surface area contributed by atoms with Gasteiger partial charge in [-0.25, -0.2) is 4.52 Å². The van der Waals surface area contributed by atoms with E-state index < -0.39 is 5.91 Å². The van der Waals surface area contributed by atoms with Crippen LogP contribution >= 0.6 is 0 Å². The molecule has 27 heavy (non-hydrogen) atoms. The lowest BCUT2D eigenvalue weighted by atomic mass is 10.1. The molecule has 7 nitrogen and oxygen atoms in total. The Balaban J connectivity index is 1.76. The molecule has 0 saturated heterocycles. The standard InChI is InChI=1S/C20H18N6O/c1-12-8-13(2)10-16(9-12)23-20-24-19-17(22-6-7-26(19)25-20)14-4-3-5-15(11-14)18(21)27/h3-11H,1-2H3,(H2,21,27)(H,23,25). The first-order chi connectivity index (χ1) is 13.0. The zero-order valence-corrected chi connectivity index (χ0v) is 15.0. The van der Waals surface area contributed by atoms with E-state index in [0.29, 0.717) is 22.9 Å². The molecule has 0 radical (unpaired) electrons. The summed E-state index contributed by atoms with van der Waals surface area (Å²) in [7, 11) is 0. The summed E-state index contributed by atoms with van der Waals surface area (Å²) in [5.74, 6) is -0.0113. The highest BCUT2D eigenvalue weighted by Crippen LogP contribution is 2.24. The number of hydrogen-bond acceptors (Lipinski definition) is 5. The molecule has 134 valence electrons. The number of rotatable bonds is 4. The third kappa shape index (κ3) is 3.35. The monoisotopic (exact) mass is 358 g/mol. The van der Waals surface area contributed by atoms with Gasteiger partial charge in [-0.05, 0) is 49.2 Å². The zero-order chi connectivity index (χ0) is 19.0. The number of fused-ring (bicyclic) bond motifs is 1. The minimum Gasteiger partial charge on any atom is -0.366 e. The minimum absolute atomic E-state index is 0.421. The van der Waals surface area contributed by atoms with Crippen LogP contribution in [0.5, 0.6) is 0 Å². The van der Waals surface area contributed by atoms with Crippen molar-refractivity contribution in [2.24, 2.45) is 5.73 Å². The predicted molar refractivity (Wildman–Crippen MR) is 104 cm³/mol. The minimum atomic E-state index is -0.484. The maximum absolute atomic E-state index is 11.5. The summed E-state index contributed by atoms with van der Waals surface area (Å²) in [5.41, 5.74) is 11.0. The Hall–Kier alpha value is -3.74. The molecule has 0 bridgehead atoms. The number of nitrogens with two attached hydrogens (primary N) is 1. The second-order valence-electron chi connectivity index (χ2n) is 6.43. The Morgan fingerprint density at radius 3 is 2.63 bits per heavy atom. The topological polar surface area (TPSA) is 98.2 Å². The van der Waals surface area contributed by atoms with Crippen LogP contribution in [0.2, 0.25) is 0 Å². The van der Waals surface area contributed by atoms with Crippen LogP contribution in [0.3, 0.4) is 0 Å². The summed E-state index contributed by atoms with van der Waals surface area (Å²) >= 11 is 0. The van der Waals surface area contributed by atoms with Crippen molar-refractivity contribution in [2.45, 2.75) is 13.8 Å². The number of anilines is 2. The molecule has 0 atom stereocenters. The summed E-state index contributed by atoms with van der Waals surface area (Å²) in [6.45, 7) is 4.09. The highest BCUT2D eigenvalue weighted by Gasteiger charge is 2.13. The Kier molecular flexibility index (Phi) is 4.04. The SMILES string of the molecule is Cc1cc(C)cc(Nc2nc3c(-c4cccc(C(N)=O)c4)nccn3n2)c1. The molecule has 2 aromatic heterocycles. The second kappa shape index (κ2) is 6.53. The molecular weight excluding hydrogens is 340 g/mol. The summed E-state index contributed by atoms with van der Waals surface area (Å²) in [4.78, 5) is 20.5. The number of aryl methyl sites for hydroxylation is 2. The third-order valence-electron chi connectivity index (χ3n) is 4.15. The average molecular weight is 358 g/mol. The number of carbonyl (C=O) groups excluding carboxylic acids is 1. The first kappa shape index (κ1) is 16.7. The summed E-state index contributed by atoms with van der Waals surface area (Å²) in [6.07, 6.45) is 3.38. The molecule has 4 rings (SSSR count). The van der Waals surface area contributed by atoms with Gasteiger partial charge in [0.1, 0.15) is 5.69 Å². The first-order valence-electron chi connectivity index (χ1n) is 8.46. The van der Waals surface area contributed by atoms with Gasteiger partial charge in [0.25, 0.3) is 0 Å². The van der Waals surface area contributed by atoms with Gasteiger partial charge in [-0.15, -0.1) is 5.10 Å². The Bertz CT molecular complexity index is 1140. The van der Waals surface area contributed by atoms with Gasteiger partial charge in [0.2, 0.25) is 11.9 Å². The van der Waals surface area contributed by atoms with Crippen LogP contribution in [0.1, 0.15) is 21.5 Å². The molecule has 4 aromatic rings. The molecule has 3 N–H and O–H groups in total. The van der Waals surface area contributed by atoms with Gasteiger partial charge >= 0.3 is 0 Å². The normalized spacial score (nSPS) is 10.9. The van der Waals surface area contributed by atoms with Crippen molar-refractivity contribution in [2.75, 3.05) is 5.32 Å². The molecule has 0 aliphatic rings. The van der Waals surface area contributed by atoms with Crippen LogP contribution in [0.4, 0.5) is 11.6 Å². The third-order valence-corrected chi connectivity index (χ3v) is 4.15. The average Bonchev–Trinajstić information content (AvgIpc) is 3.03. The van der Waals surface area contributed by atoms with Crippen LogP contribution in [0.15, 0.2) is 54.9 Å². The van der Waals surface area contributed by atoms with E-state index in [4.69, 9.17) is 5.73 Å². The van der Waals surface area contributed by atoms with Crippen molar-refractivity contribution in [3.8, 4) is 11.3 Å². The van der Waals surface area contributed by atoms with E-state index in [1.54, 1.807) is 35.1 Å². The Labute approximate surface area is 155 Å². The number of nitrogens with zero attached hydrogens (tertiary/aromatic N) is 4. The highest BCUT2D eigenvalue weighted by atomic mass is 16.1. The number of carbonyl (C=O) groups is 1. The van der Waals surface area contributed by atoms with Crippen LogP contribution < -0.4 is 11.1 Å². The van der Waals surface area contributed by atoms with Crippen molar-refractivity contribution >= 4 is 23.2 Å². The fourth-order valence-corrected chi connectivity index (χ4v) is 3.07. The quantitative estimate of drug-likeness (QED) is 0.583. The molecule has 2 heterocycles. The largest absolute Gasteiger partial charge is 0.366 e. The van der Waals surface area contributed by atoms with E-state index in [1.165, 1.54) is 0 Å². The Morgan fingerprint density at radius 1 is 1.11 bits per heavy atom. The van der Waals surface area contributed by atoms with Gasteiger partial charge in [0, 0.05) is 29.2 Å². The van der Waals surface area contributed by atoms with E-state index in [9.17, 15) is 4.79 Å². The molecule has 0 unspecified atom stereocenters. The molecule has 0 aliphatic carbocycles. The number of hydrogen-bond donors (Lipinski definition) is 2. The van der Waals surface area contributed by atoms with Gasteiger partial charge < -0.3 is 11.1 Å². The molecule has 0 aliphatic heterocycles. The zero-order valence-electron chi connectivity index (χ0n) is 15.0. The number of aromatic nitrogens is 4. The maximum Gasteiger partial charge on any atom is 0.248 e. The molecular formula is C20H18N6O. The van der Waals surface area contributed by atoms with Crippen LogP contribution in [0, 0.1) is 13.8 Å². The van der Waals surface area contributed by atoms with E-state index in [1.807, 2.05) is 32.0 Å². The molecule has 0 saturated carbocycles. The number of amides is 1. The predicted octanol–water partition coefficient (Wildman–Crippen LogP) is 3.25. The summed E-state index contributed by atoms with van der Waals surface area (Å²) < 4.78 is 1.66. The lowest BCUT2D eigenvalue weighted by Crippen LogP contribution is -2.10. The molecule has 7 heteroatoms. The maximum atomic E-state index is 11.5. The Morgan fingerprint density at radius 2 is 1.89 bits per heavy atom. The second-order valence-corrected chi connectivity index (χ2v) is 6.43. The molecule has 0 fully saturated rings. The fourth-order valence-electron chi connectivity index (χ4n) is 3.07. The smallest absolute Gasteiger partial charge is 0.248 e. The van der Waals surface area contributed by atoms with Gasteiger partial charge in [-0.2, -0.15) is 4.98 Å². The first-order valence-corrected chi connectivity index (χ1v) is 8.46. The fraction of sp³-hybridized carbons (Fsp3) is 0.100. The van der Waals surface area contributed by atoms with Crippen LogP contribution in [-0.2, 0) is 0 Å². The lowest BCUT2D eigenvalue weighted by Gasteiger charge is -2.04. The van der Waals surface area contributed by atoms with Crippen molar-refractivity contribution in [1.29, 1.82) is 0 Å². The van der Waals surface area contributed by atoms with Crippen molar-refractivity contribution in [3.63, 3.8) is 0 Å². The molecule has 1 amide bonds. The number of benzene rings is 2. The number of nitrogens with one attached hydrogen (secondary N) is 1. The lowest BCUT2D eigenvalue weighted by molar-refractivity contribution is 0.100. The highest BCUT2D eigenvalue weighted by molar-refractivity contribution is 5.94. The summed E-state index contributed by atoms with van der Waals surface area (Å²) in [6, 6.07) is 13.2. The van der Waals surface area contributed by atoms with E-state index >= 15 is 0 Å². The van der Waals surface area contributed by atoms with Crippen molar-refractivity contribution in [3.05, 3.63) is 71.5 Å². The van der Waals surface area contributed by atoms with Crippen molar-refractivity contribution < 1.29 is 4.79 Å². The van der Waals surface area contributed by atoms with Crippen LogP contribution in [-0.4, -0.2) is 25.5 Å². The molecule has 0 spiro atoms. The van der Waals surface area contributed by atoms with Gasteiger partial charge in [0.05, 0.1) is 0 Å². The van der Waals surface area contributed by atoms with Crippen LogP contribution in [0.25, 0.3) is 16.9 Å². The van der Waals surface area contributed by atoms with E-state index in [2.05, 4.69) is 26.4 Å².